The minimum absolute atomic E-state index is 0.00127. The van der Waals surface area contributed by atoms with Gasteiger partial charge in [0.2, 0.25) is 5.91 Å². The predicted octanol–water partition coefficient (Wildman–Crippen LogP) is 2.40. The lowest BCUT2D eigenvalue weighted by Crippen LogP contribution is -2.38. The van der Waals surface area contributed by atoms with Crippen LogP contribution in [0.5, 0.6) is 0 Å². The zero-order valence-corrected chi connectivity index (χ0v) is 13.2. The Hall–Kier alpha value is -1.97. The van der Waals surface area contributed by atoms with E-state index in [1.807, 2.05) is 30.3 Å². The molecular weight excluding hydrogens is 278 g/mol. The lowest BCUT2D eigenvalue weighted by Gasteiger charge is -2.23. The molecule has 1 aromatic rings. The first-order valence-corrected chi connectivity index (χ1v) is 7.80. The van der Waals surface area contributed by atoms with E-state index in [1.54, 1.807) is 11.8 Å². The van der Waals surface area contributed by atoms with Crippen molar-refractivity contribution in [3.8, 4) is 0 Å². The number of carbonyl (C=O) groups excluding carboxylic acids is 3. The first-order chi connectivity index (χ1) is 10.5. The molecule has 0 aliphatic carbocycles. The summed E-state index contributed by atoms with van der Waals surface area (Å²) in [6, 6.07) is 10.1. The Morgan fingerprint density at radius 1 is 1.14 bits per heavy atom. The van der Waals surface area contributed by atoms with E-state index in [2.05, 4.69) is 0 Å². The van der Waals surface area contributed by atoms with Gasteiger partial charge in [-0.1, -0.05) is 30.3 Å². The molecule has 0 radical (unpaired) electrons. The van der Waals surface area contributed by atoms with Crippen molar-refractivity contribution in [1.29, 1.82) is 0 Å². The third-order valence-corrected chi connectivity index (χ3v) is 4.18. The van der Waals surface area contributed by atoms with E-state index in [-0.39, 0.29) is 36.0 Å². The van der Waals surface area contributed by atoms with E-state index >= 15 is 0 Å². The topological polar surface area (TPSA) is 54.5 Å². The Balaban J connectivity index is 2.09. The highest BCUT2D eigenvalue weighted by molar-refractivity contribution is 5.88. The fourth-order valence-electron chi connectivity index (χ4n) is 3.12. The monoisotopic (exact) mass is 301 g/mol. The molecule has 1 aliphatic rings. The molecular formula is C18H23NO3. The van der Waals surface area contributed by atoms with Crippen molar-refractivity contribution in [2.24, 2.45) is 5.92 Å². The van der Waals surface area contributed by atoms with Crippen molar-refractivity contribution in [3.63, 3.8) is 0 Å². The molecule has 0 aromatic heterocycles. The lowest BCUT2D eigenvalue weighted by atomic mass is 9.95. The van der Waals surface area contributed by atoms with Crippen LogP contribution < -0.4 is 0 Å². The van der Waals surface area contributed by atoms with Gasteiger partial charge in [0, 0.05) is 18.4 Å². The fraction of sp³-hybridized carbons (Fsp3) is 0.500. The van der Waals surface area contributed by atoms with Crippen LogP contribution in [0.2, 0.25) is 0 Å². The molecule has 4 heteroatoms. The number of rotatable bonds is 7. The van der Waals surface area contributed by atoms with Crippen molar-refractivity contribution in [3.05, 3.63) is 35.9 Å². The van der Waals surface area contributed by atoms with Crippen LogP contribution >= 0.6 is 0 Å². The molecule has 1 heterocycles. The van der Waals surface area contributed by atoms with Crippen molar-refractivity contribution in [2.75, 3.05) is 6.54 Å². The summed E-state index contributed by atoms with van der Waals surface area (Å²) in [6.45, 7) is 3.23. The summed E-state index contributed by atoms with van der Waals surface area (Å²) in [7, 11) is 0. The Bertz CT molecular complexity index is 553. The van der Waals surface area contributed by atoms with Gasteiger partial charge in [0.25, 0.3) is 0 Å². The molecule has 118 valence electrons. The van der Waals surface area contributed by atoms with Crippen LogP contribution in [0.4, 0.5) is 0 Å². The van der Waals surface area contributed by atoms with Crippen LogP contribution in [0.25, 0.3) is 0 Å². The zero-order chi connectivity index (χ0) is 16.1. The summed E-state index contributed by atoms with van der Waals surface area (Å²) >= 11 is 0. The van der Waals surface area contributed by atoms with E-state index < -0.39 is 0 Å². The molecule has 2 rings (SSSR count). The number of likely N-dealkylation sites (tertiary alicyclic amines) is 1. The number of nitrogens with zero attached hydrogens (tertiary/aromatic N) is 1. The van der Waals surface area contributed by atoms with E-state index in [4.69, 9.17) is 0 Å². The zero-order valence-electron chi connectivity index (χ0n) is 13.2. The first kappa shape index (κ1) is 16.4. The average Bonchev–Trinajstić information content (AvgIpc) is 2.74. The number of amides is 1. The first-order valence-electron chi connectivity index (χ1n) is 7.80. The van der Waals surface area contributed by atoms with Crippen LogP contribution in [-0.4, -0.2) is 35.0 Å². The largest absolute Gasteiger partial charge is 0.332 e. The van der Waals surface area contributed by atoms with Gasteiger partial charge in [-0.15, -0.1) is 0 Å². The highest BCUT2D eigenvalue weighted by Crippen LogP contribution is 2.30. The Morgan fingerprint density at radius 3 is 2.41 bits per heavy atom. The van der Waals surface area contributed by atoms with Crippen LogP contribution in [0.1, 0.15) is 38.7 Å². The molecule has 1 aromatic carbocycles. The number of hydrogen-bond donors (Lipinski definition) is 0. The van der Waals surface area contributed by atoms with Gasteiger partial charge in [0.05, 0.1) is 6.54 Å². The number of carbonyl (C=O) groups is 3. The Labute approximate surface area is 131 Å². The minimum atomic E-state index is -0.128. The standard InChI is InChI=1S/C18H23NO3/c1-13(20)8-9-16-11-17(10-15-6-4-3-5-7-15)19(18(16)22)12-14(2)21/h3-7,16-17H,8-12H2,1-2H3/t16-,17+/m0/s1. The number of hydrogen-bond acceptors (Lipinski definition) is 3. The third kappa shape index (κ3) is 4.26. The molecule has 0 bridgehead atoms. The van der Waals surface area contributed by atoms with Crippen molar-refractivity contribution < 1.29 is 14.4 Å². The summed E-state index contributed by atoms with van der Waals surface area (Å²) in [4.78, 5) is 36.9. The number of benzene rings is 1. The Morgan fingerprint density at radius 2 is 1.82 bits per heavy atom. The van der Waals surface area contributed by atoms with Gasteiger partial charge in [-0.25, -0.2) is 0 Å². The number of ketones is 2. The summed E-state index contributed by atoms with van der Waals surface area (Å²) in [5.41, 5.74) is 1.17. The highest BCUT2D eigenvalue weighted by Gasteiger charge is 2.39. The third-order valence-electron chi connectivity index (χ3n) is 4.18. The molecule has 0 unspecified atom stereocenters. The maximum Gasteiger partial charge on any atom is 0.226 e. The summed E-state index contributed by atoms with van der Waals surface area (Å²) in [6.07, 6.45) is 2.51. The molecule has 0 saturated carbocycles. The van der Waals surface area contributed by atoms with Crippen molar-refractivity contribution in [1.82, 2.24) is 4.90 Å². The van der Waals surface area contributed by atoms with Gasteiger partial charge in [-0.2, -0.15) is 0 Å². The van der Waals surface area contributed by atoms with E-state index in [0.29, 0.717) is 12.8 Å². The van der Waals surface area contributed by atoms with Gasteiger partial charge in [0.15, 0.2) is 0 Å². The molecule has 1 saturated heterocycles. The van der Waals surface area contributed by atoms with Crippen LogP contribution in [-0.2, 0) is 20.8 Å². The van der Waals surface area contributed by atoms with Crippen LogP contribution in [0, 0.1) is 5.92 Å². The maximum atomic E-state index is 12.5. The SMILES string of the molecule is CC(=O)CC[C@H]1C[C@@H](Cc2ccccc2)N(CC(C)=O)C1=O. The van der Waals surface area contributed by atoms with Crippen molar-refractivity contribution >= 4 is 17.5 Å². The molecule has 0 spiro atoms. The van der Waals surface area contributed by atoms with Gasteiger partial charge in [-0.05, 0) is 38.7 Å². The fourth-order valence-corrected chi connectivity index (χ4v) is 3.12. The molecule has 22 heavy (non-hydrogen) atoms. The predicted molar refractivity (Wildman–Crippen MR) is 84.4 cm³/mol. The molecule has 1 amide bonds. The normalized spacial score (nSPS) is 21.2. The van der Waals surface area contributed by atoms with Crippen LogP contribution in [0.15, 0.2) is 30.3 Å². The highest BCUT2D eigenvalue weighted by atomic mass is 16.2. The average molecular weight is 301 g/mol. The molecule has 1 aliphatic heterocycles. The van der Waals surface area contributed by atoms with Crippen molar-refractivity contribution in [2.45, 2.75) is 45.6 Å². The molecule has 2 atom stereocenters. The Kier molecular flexibility index (Phi) is 5.47. The van der Waals surface area contributed by atoms with E-state index in [0.717, 1.165) is 12.8 Å². The smallest absolute Gasteiger partial charge is 0.226 e. The number of Topliss-reactive ketones (excluding diaryl/α,β-unsaturated/α-hetero) is 2. The lowest BCUT2D eigenvalue weighted by molar-refractivity contribution is -0.135. The minimum Gasteiger partial charge on any atom is -0.332 e. The van der Waals surface area contributed by atoms with Gasteiger partial charge < -0.3 is 9.69 Å². The summed E-state index contributed by atoms with van der Waals surface area (Å²) < 4.78 is 0. The second-order valence-electron chi connectivity index (χ2n) is 6.19. The second kappa shape index (κ2) is 7.34. The molecule has 4 nitrogen and oxygen atoms in total. The van der Waals surface area contributed by atoms with Gasteiger partial charge in [0.1, 0.15) is 11.6 Å². The summed E-state index contributed by atoms with van der Waals surface area (Å²) in [5.74, 6) is 0.00500. The maximum absolute atomic E-state index is 12.5. The van der Waals surface area contributed by atoms with Crippen LogP contribution in [0.3, 0.4) is 0 Å². The molecule has 1 fully saturated rings. The molecule has 0 N–H and O–H groups in total. The summed E-state index contributed by atoms with van der Waals surface area (Å²) in [5, 5.41) is 0. The van der Waals surface area contributed by atoms with Gasteiger partial charge in [-0.3, -0.25) is 9.59 Å². The quantitative estimate of drug-likeness (QED) is 0.777. The second-order valence-corrected chi connectivity index (χ2v) is 6.19. The van der Waals surface area contributed by atoms with E-state index in [9.17, 15) is 14.4 Å². The van der Waals surface area contributed by atoms with E-state index in [1.165, 1.54) is 12.5 Å². The van der Waals surface area contributed by atoms with Gasteiger partial charge >= 0.3 is 0 Å².